The second-order valence-electron chi connectivity index (χ2n) is 7.90. The summed E-state index contributed by atoms with van der Waals surface area (Å²) in [5.41, 5.74) is 1.61. The summed E-state index contributed by atoms with van der Waals surface area (Å²) in [6.45, 7) is 6.15. The van der Waals surface area contributed by atoms with Gasteiger partial charge in [-0.1, -0.05) is 25.0 Å². The zero-order valence-electron chi connectivity index (χ0n) is 16.2. The molecule has 1 amide bonds. The van der Waals surface area contributed by atoms with Crippen molar-refractivity contribution in [2.75, 3.05) is 19.6 Å². The van der Waals surface area contributed by atoms with Gasteiger partial charge in [-0.05, 0) is 75.7 Å². The Kier molecular flexibility index (Phi) is 7.33. The second-order valence-corrected chi connectivity index (χ2v) is 10.1. The van der Waals surface area contributed by atoms with Crippen molar-refractivity contribution in [3.05, 3.63) is 29.3 Å². The van der Waals surface area contributed by atoms with E-state index in [1.54, 1.807) is 13.0 Å². The number of nitrogens with one attached hydrogen (secondary N) is 2. The molecule has 152 valence electrons. The van der Waals surface area contributed by atoms with Gasteiger partial charge in [-0.15, -0.1) is 12.4 Å². The number of piperidine rings is 1. The highest BCUT2D eigenvalue weighted by atomic mass is 35.5. The fraction of sp³-hybridized carbons (Fsp3) is 0.650. The van der Waals surface area contributed by atoms with E-state index in [9.17, 15) is 13.2 Å². The highest BCUT2D eigenvalue weighted by Crippen LogP contribution is 2.41. The van der Waals surface area contributed by atoms with Crippen molar-refractivity contribution >= 4 is 28.2 Å². The molecule has 1 aliphatic heterocycles. The first kappa shape index (κ1) is 22.2. The molecule has 1 aliphatic carbocycles. The zero-order chi connectivity index (χ0) is 18.8. The average molecular weight is 415 g/mol. The summed E-state index contributed by atoms with van der Waals surface area (Å²) >= 11 is 0. The fourth-order valence-electron chi connectivity index (χ4n) is 4.27. The van der Waals surface area contributed by atoms with Crippen molar-refractivity contribution < 1.29 is 13.2 Å². The van der Waals surface area contributed by atoms with E-state index in [1.165, 1.54) is 0 Å². The minimum Gasteiger partial charge on any atom is -0.354 e. The van der Waals surface area contributed by atoms with Gasteiger partial charge in [0.15, 0.2) is 14.6 Å². The molecule has 5 nitrogen and oxygen atoms in total. The third-order valence-corrected chi connectivity index (χ3v) is 8.56. The van der Waals surface area contributed by atoms with E-state index in [2.05, 4.69) is 10.6 Å². The molecule has 1 unspecified atom stereocenters. The summed E-state index contributed by atoms with van der Waals surface area (Å²) in [5, 5.41) is 6.32. The van der Waals surface area contributed by atoms with Crippen LogP contribution >= 0.6 is 12.4 Å². The van der Waals surface area contributed by atoms with Crippen LogP contribution in [0.5, 0.6) is 0 Å². The van der Waals surface area contributed by atoms with Crippen LogP contribution in [0.4, 0.5) is 0 Å². The summed E-state index contributed by atoms with van der Waals surface area (Å²) in [6, 6.07) is 5.45. The number of amides is 1. The van der Waals surface area contributed by atoms with Crippen LogP contribution in [-0.2, 0) is 14.6 Å². The molecule has 0 spiro atoms. The van der Waals surface area contributed by atoms with Gasteiger partial charge in [-0.2, -0.15) is 0 Å². The molecule has 1 heterocycles. The van der Waals surface area contributed by atoms with Crippen LogP contribution in [0.2, 0.25) is 0 Å². The lowest BCUT2D eigenvalue weighted by atomic mass is 9.99. The van der Waals surface area contributed by atoms with Gasteiger partial charge in [0.25, 0.3) is 0 Å². The third kappa shape index (κ3) is 4.33. The lowest BCUT2D eigenvalue weighted by molar-refractivity contribution is -0.123. The Morgan fingerprint density at radius 1 is 1.22 bits per heavy atom. The van der Waals surface area contributed by atoms with Gasteiger partial charge in [0.2, 0.25) is 5.91 Å². The minimum atomic E-state index is -3.73. The van der Waals surface area contributed by atoms with E-state index in [1.807, 2.05) is 19.1 Å². The molecule has 1 atom stereocenters. The van der Waals surface area contributed by atoms with E-state index in [0.717, 1.165) is 44.3 Å². The van der Waals surface area contributed by atoms with Crippen molar-refractivity contribution in [3.8, 4) is 0 Å². The summed E-state index contributed by atoms with van der Waals surface area (Å²) in [4.78, 5) is 13.4. The predicted molar refractivity (Wildman–Crippen MR) is 110 cm³/mol. The maximum absolute atomic E-state index is 13.5. The second kappa shape index (κ2) is 8.93. The zero-order valence-corrected chi connectivity index (χ0v) is 17.8. The van der Waals surface area contributed by atoms with Crippen LogP contribution < -0.4 is 10.6 Å². The van der Waals surface area contributed by atoms with Crippen LogP contribution in [0, 0.1) is 19.8 Å². The Hall–Kier alpha value is -1.11. The van der Waals surface area contributed by atoms with Crippen molar-refractivity contribution in [2.45, 2.75) is 62.0 Å². The topological polar surface area (TPSA) is 75.3 Å². The molecule has 7 heteroatoms. The first-order chi connectivity index (χ1) is 12.4. The molecule has 0 bridgehead atoms. The molecule has 1 saturated carbocycles. The van der Waals surface area contributed by atoms with Crippen molar-refractivity contribution in [1.29, 1.82) is 0 Å². The quantitative estimate of drug-likeness (QED) is 0.776. The summed E-state index contributed by atoms with van der Waals surface area (Å²) < 4.78 is 25.8. The smallest absolute Gasteiger partial charge is 0.241 e. The molecular formula is C20H31ClN2O3S. The third-order valence-electron chi connectivity index (χ3n) is 5.92. The van der Waals surface area contributed by atoms with Crippen molar-refractivity contribution in [2.24, 2.45) is 5.92 Å². The van der Waals surface area contributed by atoms with Crippen LogP contribution in [-0.4, -0.2) is 38.7 Å². The van der Waals surface area contributed by atoms with E-state index in [4.69, 9.17) is 0 Å². The normalized spacial score (nSPS) is 22.1. The lowest BCUT2D eigenvalue weighted by Crippen LogP contribution is -2.52. The molecule has 1 aromatic carbocycles. The van der Waals surface area contributed by atoms with Gasteiger partial charge in [0, 0.05) is 6.54 Å². The van der Waals surface area contributed by atoms with Gasteiger partial charge >= 0.3 is 0 Å². The van der Waals surface area contributed by atoms with Crippen LogP contribution in [0.1, 0.15) is 49.7 Å². The van der Waals surface area contributed by atoms with E-state index in [-0.39, 0.29) is 18.3 Å². The maximum atomic E-state index is 13.5. The predicted octanol–water partition coefficient (Wildman–Crippen LogP) is 2.93. The molecule has 27 heavy (non-hydrogen) atoms. The first-order valence-electron chi connectivity index (χ1n) is 9.68. The van der Waals surface area contributed by atoms with Gasteiger partial charge in [0.1, 0.15) is 0 Å². The van der Waals surface area contributed by atoms with Crippen LogP contribution in [0.25, 0.3) is 0 Å². The average Bonchev–Trinajstić information content (AvgIpc) is 3.14. The molecule has 2 fully saturated rings. The number of carbonyl (C=O) groups excluding carboxylic acids is 1. The van der Waals surface area contributed by atoms with Crippen molar-refractivity contribution in [3.63, 3.8) is 0 Å². The maximum Gasteiger partial charge on any atom is 0.241 e. The monoisotopic (exact) mass is 414 g/mol. The SMILES string of the molecule is Cc1ccc(C)c(S(=O)(=O)C2(C(=O)NCC3CCCNC3)CCCC2)c1.Cl. The highest BCUT2D eigenvalue weighted by Gasteiger charge is 2.53. The number of hydrogen-bond donors (Lipinski definition) is 2. The number of hydrogen-bond acceptors (Lipinski definition) is 4. The van der Waals surface area contributed by atoms with Gasteiger partial charge in [-0.3, -0.25) is 4.79 Å². The number of benzene rings is 1. The minimum absolute atomic E-state index is 0. The Balaban J connectivity index is 0.00000261. The number of sulfone groups is 1. The number of aryl methyl sites for hydroxylation is 2. The van der Waals surface area contributed by atoms with Crippen LogP contribution in [0.15, 0.2) is 23.1 Å². The number of carbonyl (C=O) groups is 1. The molecule has 3 rings (SSSR count). The molecule has 2 aliphatic rings. The van der Waals surface area contributed by atoms with Gasteiger partial charge in [0.05, 0.1) is 4.90 Å². The summed E-state index contributed by atoms with van der Waals surface area (Å²) in [7, 11) is -3.73. The molecule has 1 aromatic rings. The van der Waals surface area contributed by atoms with E-state index >= 15 is 0 Å². The Labute approximate surface area is 169 Å². The van der Waals surface area contributed by atoms with E-state index in [0.29, 0.717) is 35.8 Å². The van der Waals surface area contributed by atoms with Gasteiger partial charge in [-0.25, -0.2) is 8.42 Å². The van der Waals surface area contributed by atoms with Crippen LogP contribution in [0.3, 0.4) is 0 Å². The molecule has 0 aromatic heterocycles. The standard InChI is InChI=1S/C20H30N2O3S.ClH/c1-15-7-8-16(2)18(12-15)26(24,25)20(9-3-4-10-20)19(23)22-14-17-6-5-11-21-13-17;/h7-8,12,17,21H,3-6,9-11,13-14H2,1-2H3,(H,22,23);1H. The number of halogens is 1. The highest BCUT2D eigenvalue weighted by molar-refractivity contribution is 7.93. The summed E-state index contributed by atoms with van der Waals surface area (Å²) in [5.74, 6) is 0.0797. The number of rotatable bonds is 5. The fourth-order valence-corrected chi connectivity index (χ4v) is 6.66. The van der Waals surface area contributed by atoms with Gasteiger partial charge < -0.3 is 10.6 Å². The Morgan fingerprint density at radius 2 is 1.93 bits per heavy atom. The first-order valence-corrected chi connectivity index (χ1v) is 11.2. The molecule has 2 N–H and O–H groups in total. The van der Waals surface area contributed by atoms with E-state index < -0.39 is 14.6 Å². The van der Waals surface area contributed by atoms with Crippen molar-refractivity contribution in [1.82, 2.24) is 10.6 Å². The molecule has 0 radical (unpaired) electrons. The summed E-state index contributed by atoms with van der Waals surface area (Å²) in [6.07, 6.45) is 4.57. The molecule has 1 saturated heterocycles. The Bertz CT molecular complexity index is 767. The largest absolute Gasteiger partial charge is 0.354 e. The molecular weight excluding hydrogens is 384 g/mol. The lowest BCUT2D eigenvalue weighted by Gasteiger charge is -2.30. The Morgan fingerprint density at radius 3 is 2.56 bits per heavy atom.